The lowest BCUT2D eigenvalue weighted by atomic mass is 9.85. The first-order valence-corrected chi connectivity index (χ1v) is 10.2. The van der Waals surface area contributed by atoms with Gasteiger partial charge < -0.3 is 20.3 Å². The molecule has 5 nitrogen and oxygen atoms in total. The van der Waals surface area contributed by atoms with Crippen molar-refractivity contribution in [2.75, 3.05) is 25.1 Å². The molecule has 4 atom stereocenters. The Morgan fingerprint density at radius 1 is 1.23 bits per heavy atom. The van der Waals surface area contributed by atoms with Crippen LogP contribution in [0.4, 0.5) is 5.69 Å². The summed E-state index contributed by atoms with van der Waals surface area (Å²) in [6.07, 6.45) is 8.34. The minimum Gasteiger partial charge on any atom is -0.497 e. The van der Waals surface area contributed by atoms with Gasteiger partial charge in [-0.15, -0.1) is 0 Å². The zero-order valence-corrected chi connectivity index (χ0v) is 15.7. The number of hydrogen-bond acceptors (Lipinski definition) is 4. The molecule has 3 fully saturated rings. The minimum absolute atomic E-state index is 0.00953. The highest BCUT2D eigenvalue weighted by Gasteiger charge is 2.38. The quantitative estimate of drug-likeness (QED) is 0.870. The number of rotatable bonds is 4. The van der Waals surface area contributed by atoms with Gasteiger partial charge in [0, 0.05) is 36.9 Å². The molecule has 2 heterocycles. The Bertz CT molecular complexity index is 621. The van der Waals surface area contributed by atoms with Crippen molar-refractivity contribution in [1.29, 1.82) is 0 Å². The van der Waals surface area contributed by atoms with Gasteiger partial charge >= 0.3 is 0 Å². The molecular formula is C21H31N3O2. The molecule has 1 aromatic rings. The second-order valence-corrected chi connectivity index (χ2v) is 8.10. The first kappa shape index (κ1) is 17.7. The summed E-state index contributed by atoms with van der Waals surface area (Å²) in [5.41, 5.74) is 1.17. The van der Waals surface area contributed by atoms with Gasteiger partial charge in [-0.1, -0.05) is 18.9 Å². The maximum Gasteiger partial charge on any atom is 0.237 e. The molecule has 2 aliphatic heterocycles. The number of benzene rings is 1. The van der Waals surface area contributed by atoms with Gasteiger partial charge in [0.05, 0.1) is 13.2 Å². The number of fused-ring (bicyclic) bond motifs is 1. The molecule has 0 radical (unpaired) electrons. The number of nitrogens with one attached hydrogen (secondary N) is 2. The highest BCUT2D eigenvalue weighted by atomic mass is 16.5. The Hall–Kier alpha value is -1.75. The second kappa shape index (κ2) is 7.87. The predicted molar refractivity (Wildman–Crippen MR) is 104 cm³/mol. The molecule has 4 rings (SSSR count). The summed E-state index contributed by atoms with van der Waals surface area (Å²) in [6, 6.07) is 9.00. The van der Waals surface area contributed by atoms with Crippen LogP contribution in [-0.4, -0.2) is 44.2 Å². The van der Waals surface area contributed by atoms with E-state index in [2.05, 4.69) is 27.7 Å². The highest BCUT2D eigenvalue weighted by molar-refractivity contribution is 5.82. The summed E-state index contributed by atoms with van der Waals surface area (Å²) in [6.45, 7) is 1.91. The first-order valence-electron chi connectivity index (χ1n) is 10.2. The number of ether oxygens (including phenoxy) is 1. The number of carbonyl (C=O) groups excluding carboxylic acids is 1. The monoisotopic (exact) mass is 357 g/mol. The van der Waals surface area contributed by atoms with Crippen molar-refractivity contribution < 1.29 is 9.53 Å². The Balaban J connectivity index is 1.34. The lowest BCUT2D eigenvalue weighted by molar-refractivity contribution is -0.123. The van der Waals surface area contributed by atoms with Crippen LogP contribution in [0.3, 0.4) is 0 Å². The summed E-state index contributed by atoms with van der Waals surface area (Å²) in [7, 11) is 1.70. The van der Waals surface area contributed by atoms with Crippen LogP contribution in [-0.2, 0) is 4.79 Å². The van der Waals surface area contributed by atoms with Crippen molar-refractivity contribution in [2.45, 2.75) is 63.1 Å². The van der Waals surface area contributed by atoms with E-state index in [1.165, 1.54) is 31.4 Å². The molecule has 1 aliphatic carbocycles. The molecular weight excluding hydrogens is 326 g/mol. The Labute approximate surface area is 156 Å². The van der Waals surface area contributed by atoms with Crippen molar-refractivity contribution in [3.05, 3.63) is 24.3 Å². The Morgan fingerprint density at radius 3 is 2.96 bits per heavy atom. The maximum atomic E-state index is 12.8. The van der Waals surface area contributed by atoms with E-state index in [0.29, 0.717) is 12.0 Å². The van der Waals surface area contributed by atoms with Crippen molar-refractivity contribution in [3.8, 4) is 5.75 Å². The van der Waals surface area contributed by atoms with Crippen molar-refractivity contribution in [3.63, 3.8) is 0 Å². The van der Waals surface area contributed by atoms with E-state index in [-0.39, 0.29) is 18.0 Å². The average molecular weight is 357 g/mol. The largest absolute Gasteiger partial charge is 0.497 e. The Kier molecular flexibility index (Phi) is 5.34. The van der Waals surface area contributed by atoms with Crippen LogP contribution >= 0.6 is 0 Å². The van der Waals surface area contributed by atoms with Gasteiger partial charge in [-0.25, -0.2) is 0 Å². The molecule has 0 bridgehead atoms. The molecule has 2 saturated heterocycles. The molecule has 1 amide bonds. The van der Waals surface area contributed by atoms with E-state index in [1.54, 1.807) is 7.11 Å². The van der Waals surface area contributed by atoms with E-state index in [4.69, 9.17) is 4.74 Å². The normalized spacial score (nSPS) is 31.3. The number of carbonyl (C=O) groups is 1. The number of nitrogens with zero attached hydrogens (tertiary/aromatic N) is 1. The molecule has 26 heavy (non-hydrogen) atoms. The lowest BCUT2D eigenvalue weighted by Gasteiger charge is -2.35. The van der Waals surface area contributed by atoms with Gasteiger partial charge in [-0.2, -0.15) is 0 Å². The molecule has 3 aliphatic rings. The second-order valence-electron chi connectivity index (χ2n) is 8.10. The van der Waals surface area contributed by atoms with Crippen LogP contribution < -0.4 is 20.3 Å². The van der Waals surface area contributed by atoms with Crippen LogP contribution in [0.1, 0.15) is 44.9 Å². The highest BCUT2D eigenvalue weighted by Crippen LogP contribution is 2.33. The zero-order valence-electron chi connectivity index (χ0n) is 15.7. The predicted octanol–water partition coefficient (Wildman–Crippen LogP) is 2.70. The summed E-state index contributed by atoms with van der Waals surface area (Å²) < 4.78 is 5.35. The van der Waals surface area contributed by atoms with Crippen molar-refractivity contribution in [2.24, 2.45) is 5.92 Å². The Morgan fingerprint density at radius 2 is 2.12 bits per heavy atom. The number of amides is 1. The molecule has 0 aromatic heterocycles. The van der Waals surface area contributed by atoms with Gasteiger partial charge in [-0.05, 0) is 50.2 Å². The summed E-state index contributed by atoms with van der Waals surface area (Å²) >= 11 is 0. The fraction of sp³-hybridized carbons (Fsp3) is 0.667. The molecule has 1 aromatic carbocycles. The van der Waals surface area contributed by atoms with Gasteiger partial charge in [0.1, 0.15) is 5.75 Å². The summed E-state index contributed by atoms with van der Waals surface area (Å²) in [5.74, 6) is 1.79. The van der Waals surface area contributed by atoms with E-state index in [1.807, 2.05) is 12.1 Å². The zero-order chi connectivity index (χ0) is 17.9. The summed E-state index contributed by atoms with van der Waals surface area (Å²) in [5, 5.41) is 6.92. The van der Waals surface area contributed by atoms with Crippen molar-refractivity contribution >= 4 is 11.6 Å². The molecule has 4 unspecified atom stereocenters. The van der Waals surface area contributed by atoms with E-state index in [0.717, 1.165) is 38.1 Å². The third kappa shape index (κ3) is 3.83. The number of piperidine rings is 1. The van der Waals surface area contributed by atoms with E-state index >= 15 is 0 Å². The van der Waals surface area contributed by atoms with Crippen LogP contribution in [0.2, 0.25) is 0 Å². The van der Waals surface area contributed by atoms with Crippen LogP contribution in [0.5, 0.6) is 5.75 Å². The van der Waals surface area contributed by atoms with Gasteiger partial charge in [0.25, 0.3) is 0 Å². The molecule has 2 N–H and O–H groups in total. The third-order valence-electron chi connectivity index (χ3n) is 6.37. The standard InChI is InChI=1S/C21H31N3O2/c1-26-18-9-4-8-17(13-18)24-11-5-7-16(14-24)22-21(25)20-12-15-6-2-3-10-19(15)23-20/h4,8-9,13,15-16,19-20,23H,2-3,5-7,10-12,14H2,1H3,(H,22,25). The molecule has 142 valence electrons. The van der Waals surface area contributed by atoms with Gasteiger partial charge in [-0.3, -0.25) is 4.79 Å². The fourth-order valence-corrected chi connectivity index (χ4v) is 4.96. The van der Waals surface area contributed by atoms with Crippen LogP contribution in [0, 0.1) is 5.92 Å². The van der Waals surface area contributed by atoms with Gasteiger partial charge in [0.15, 0.2) is 0 Å². The van der Waals surface area contributed by atoms with Crippen molar-refractivity contribution in [1.82, 2.24) is 10.6 Å². The maximum absolute atomic E-state index is 12.8. The topological polar surface area (TPSA) is 53.6 Å². The van der Waals surface area contributed by atoms with E-state index in [9.17, 15) is 4.79 Å². The SMILES string of the molecule is COc1cccc(N2CCCC(NC(=O)C3CC4CCCCC4N3)C2)c1. The molecule has 5 heteroatoms. The van der Waals surface area contributed by atoms with Crippen LogP contribution in [0.15, 0.2) is 24.3 Å². The van der Waals surface area contributed by atoms with Gasteiger partial charge in [0.2, 0.25) is 5.91 Å². The lowest BCUT2D eigenvalue weighted by Crippen LogP contribution is -2.52. The average Bonchev–Trinajstić information content (AvgIpc) is 3.13. The summed E-state index contributed by atoms with van der Waals surface area (Å²) in [4.78, 5) is 15.1. The molecule has 0 spiro atoms. The smallest absolute Gasteiger partial charge is 0.237 e. The third-order valence-corrected chi connectivity index (χ3v) is 6.37. The first-order chi connectivity index (χ1) is 12.7. The number of anilines is 1. The molecule has 1 saturated carbocycles. The fourth-order valence-electron chi connectivity index (χ4n) is 4.96. The van der Waals surface area contributed by atoms with Crippen LogP contribution in [0.25, 0.3) is 0 Å². The number of methoxy groups -OCH3 is 1. The van der Waals surface area contributed by atoms with E-state index < -0.39 is 0 Å². The number of hydrogen-bond donors (Lipinski definition) is 2. The minimum atomic E-state index is 0.00953.